The zero-order valence-electron chi connectivity index (χ0n) is 15.5. The third-order valence-electron chi connectivity index (χ3n) is 4.59. The first-order valence-corrected chi connectivity index (χ1v) is 10.6. The fourth-order valence-electron chi connectivity index (χ4n) is 2.96. The van der Waals surface area contributed by atoms with Gasteiger partial charge in [-0.1, -0.05) is 23.7 Å². The van der Waals surface area contributed by atoms with Gasteiger partial charge in [-0.05, 0) is 36.4 Å². The van der Waals surface area contributed by atoms with Crippen LogP contribution in [0.2, 0.25) is 5.02 Å². The third-order valence-corrected chi connectivity index (χ3v) is 6.83. The fraction of sp³-hybridized carbons (Fsp3) is 0.316. The second-order valence-corrected chi connectivity index (χ2v) is 8.64. The SMILES string of the molecule is COc1ccc(S(=O)(=O)N2CCN(C(=O)CNc3ccccc3Cl)CC2)cc1. The molecule has 2 aromatic rings. The molecule has 1 amide bonds. The molecule has 1 saturated heterocycles. The summed E-state index contributed by atoms with van der Waals surface area (Å²) in [6.07, 6.45) is 0. The molecule has 0 saturated carbocycles. The van der Waals surface area contributed by atoms with Crippen molar-refractivity contribution < 1.29 is 17.9 Å². The first-order valence-electron chi connectivity index (χ1n) is 8.82. The van der Waals surface area contributed by atoms with Crippen LogP contribution in [0.5, 0.6) is 5.75 Å². The van der Waals surface area contributed by atoms with E-state index in [0.717, 1.165) is 0 Å². The molecule has 0 aliphatic carbocycles. The van der Waals surface area contributed by atoms with E-state index >= 15 is 0 Å². The average molecular weight is 424 g/mol. The van der Waals surface area contributed by atoms with Crippen LogP contribution in [0.3, 0.4) is 0 Å². The number of hydrogen-bond acceptors (Lipinski definition) is 5. The monoisotopic (exact) mass is 423 g/mol. The lowest BCUT2D eigenvalue weighted by Crippen LogP contribution is -2.51. The standard InChI is InChI=1S/C19H22ClN3O4S/c1-27-15-6-8-16(9-7-15)28(25,26)23-12-10-22(11-13-23)19(24)14-21-18-5-3-2-4-17(18)20/h2-9,21H,10-14H2,1H3. The van der Waals surface area contributed by atoms with Crippen LogP contribution < -0.4 is 10.1 Å². The van der Waals surface area contributed by atoms with E-state index in [1.54, 1.807) is 29.2 Å². The molecule has 3 rings (SSSR count). The van der Waals surface area contributed by atoms with Crippen LogP contribution in [0, 0.1) is 0 Å². The molecule has 7 nitrogen and oxygen atoms in total. The molecule has 1 fully saturated rings. The number of para-hydroxylation sites is 1. The second kappa shape index (κ2) is 8.81. The van der Waals surface area contributed by atoms with Gasteiger partial charge in [0.25, 0.3) is 0 Å². The zero-order chi connectivity index (χ0) is 20.1. The molecule has 0 atom stereocenters. The molecule has 1 aliphatic rings. The van der Waals surface area contributed by atoms with Crippen molar-refractivity contribution in [3.63, 3.8) is 0 Å². The molecule has 2 aromatic carbocycles. The Labute approximate surface area is 169 Å². The van der Waals surface area contributed by atoms with E-state index in [2.05, 4.69) is 5.32 Å². The van der Waals surface area contributed by atoms with Crippen molar-refractivity contribution >= 4 is 33.2 Å². The molecule has 0 unspecified atom stereocenters. The van der Waals surface area contributed by atoms with E-state index in [1.165, 1.54) is 23.5 Å². The summed E-state index contributed by atoms with van der Waals surface area (Å²) in [7, 11) is -2.06. The maximum absolute atomic E-state index is 12.8. The molecule has 1 N–H and O–H groups in total. The summed E-state index contributed by atoms with van der Waals surface area (Å²) in [6.45, 7) is 1.31. The number of hydrogen-bond donors (Lipinski definition) is 1. The van der Waals surface area contributed by atoms with Gasteiger partial charge < -0.3 is 15.0 Å². The number of halogens is 1. The maximum atomic E-state index is 12.8. The normalized spacial score (nSPS) is 15.3. The largest absolute Gasteiger partial charge is 0.497 e. The highest BCUT2D eigenvalue weighted by Gasteiger charge is 2.30. The predicted molar refractivity (Wildman–Crippen MR) is 108 cm³/mol. The van der Waals surface area contributed by atoms with Gasteiger partial charge in [0.1, 0.15) is 5.75 Å². The molecule has 9 heteroatoms. The summed E-state index contributed by atoms with van der Waals surface area (Å²) in [6, 6.07) is 13.5. The lowest BCUT2D eigenvalue weighted by Gasteiger charge is -2.34. The molecule has 28 heavy (non-hydrogen) atoms. The highest BCUT2D eigenvalue weighted by atomic mass is 35.5. The van der Waals surface area contributed by atoms with Crippen molar-refractivity contribution in [2.24, 2.45) is 0 Å². The number of anilines is 1. The first-order chi connectivity index (χ1) is 13.4. The summed E-state index contributed by atoms with van der Waals surface area (Å²) >= 11 is 6.07. The smallest absolute Gasteiger partial charge is 0.243 e. The first kappa shape index (κ1) is 20.4. The molecular weight excluding hydrogens is 402 g/mol. The number of piperazine rings is 1. The summed E-state index contributed by atoms with van der Waals surface area (Å²) in [5.41, 5.74) is 0.693. The van der Waals surface area contributed by atoms with Gasteiger partial charge in [-0.25, -0.2) is 8.42 Å². The highest BCUT2D eigenvalue weighted by Crippen LogP contribution is 2.22. The molecule has 150 valence electrons. The number of nitrogens with zero attached hydrogens (tertiary/aromatic N) is 2. The number of amides is 1. The van der Waals surface area contributed by atoms with Crippen molar-refractivity contribution in [1.29, 1.82) is 0 Å². The van der Waals surface area contributed by atoms with Gasteiger partial charge in [-0.15, -0.1) is 0 Å². The van der Waals surface area contributed by atoms with Crippen molar-refractivity contribution in [1.82, 2.24) is 9.21 Å². The Bertz CT molecular complexity index is 926. The van der Waals surface area contributed by atoms with E-state index in [0.29, 0.717) is 29.5 Å². The maximum Gasteiger partial charge on any atom is 0.243 e. The zero-order valence-corrected chi connectivity index (χ0v) is 17.0. The number of sulfonamides is 1. The highest BCUT2D eigenvalue weighted by molar-refractivity contribution is 7.89. The quantitative estimate of drug-likeness (QED) is 0.771. The summed E-state index contributed by atoms with van der Waals surface area (Å²) < 4.78 is 32.0. The Morgan fingerprint density at radius 3 is 2.32 bits per heavy atom. The Morgan fingerprint density at radius 1 is 1.07 bits per heavy atom. The molecule has 0 radical (unpaired) electrons. The van der Waals surface area contributed by atoms with Crippen molar-refractivity contribution in [2.75, 3.05) is 45.2 Å². The Kier molecular flexibility index (Phi) is 6.43. The van der Waals surface area contributed by atoms with Crippen LogP contribution in [-0.2, 0) is 14.8 Å². The summed E-state index contributed by atoms with van der Waals surface area (Å²) in [4.78, 5) is 14.3. The van der Waals surface area contributed by atoms with Crippen LogP contribution in [0.1, 0.15) is 0 Å². The van der Waals surface area contributed by atoms with Crippen LogP contribution in [0.15, 0.2) is 53.4 Å². The van der Waals surface area contributed by atoms with E-state index in [1.807, 2.05) is 12.1 Å². The van der Waals surface area contributed by atoms with Crippen molar-refractivity contribution in [2.45, 2.75) is 4.90 Å². The second-order valence-electron chi connectivity index (χ2n) is 6.29. The Hall–Kier alpha value is -2.29. The number of ether oxygens (including phenoxy) is 1. The van der Waals surface area contributed by atoms with Gasteiger partial charge in [0.2, 0.25) is 15.9 Å². The van der Waals surface area contributed by atoms with Gasteiger partial charge in [-0.3, -0.25) is 4.79 Å². The predicted octanol–water partition coefficient (Wildman–Crippen LogP) is 2.29. The summed E-state index contributed by atoms with van der Waals surface area (Å²) in [5.74, 6) is 0.502. The number of carbonyl (C=O) groups excluding carboxylic acids is 1. The minimum absolute atomic E-state index is 0.0959. The number of methoxy groups -OCH3 is 1. The van der Waals surface area contributed by atoms with Crippen LogP contribution >= 0.6 is 11.6 Å². The van der Waals surface area contributed by atoms with Crippen LogP contribution in [0.4, 0.5) is 5.69 Å². The van der Waals surface area contributed by atoms with Crippen LogP contribution in [0.25, 0.3) is 0 Å². The molecule has 0 spiro atoms. The minimum Gasteiger partial charge on any atom is -0.497 e. The molecule has 0 aromatic heterocycles. The van der Waals surface area contributed by atoms with Gasteiger partial charge >= 0.3 is 0 Å². The van der Waals surface area contributed by atoms with Gasteiger partial charge in [0, 0.05) is 26.2 Å². The fourth-order valence-corrected chi connectivity index (χ4v) is 4.59. The lowest BCUT2D eigenvalue weighted by atomic mass is 10.3. The molecule has 0 bridgehead atoms. The van der Waals surface area contributed by atoms with E-state index in [-0.39, 0.29) is 30.4 Å². The lowest BCUT2D eigenvalue weighted by molar-refractivity contribution is -0.130. The number of carbonyl (C=O) groups is 1. The van der Waals surface area contributed by atoms with E-state index < -0.39 is 10.0 Å². The van der Waals surface area contributed by atoms with Crippen molar-refractivity contribution in [3.8, 4) is 5.75 Å². The minimum atomic E-state index is -3.59. The average Bonchev–Trinajstić information content (AvgIpc) is 2.73. The van der Waals surface area contributed by atoms with Gasteiger partial charge in [-0.2, -0.15) is 4.31 Å². The number of nitrogens with one attached hydrogen (secondary N) is 1. The van der Waals surface area contributed by atoms with E-state index in [9.17, 15) is 13.2 Å². The van der Waals surface area contributed by atoms with Crippen molar-refractivity contribution in [3.05, 3.63) is 53.6 Å². The molecular formula is C19H22ClN3O4S. The van der Waals surface area contributed by atoms with E-state index in [4.69, 9.17) is 16.3 Å². The molecule has 1 heterocycles. The number of rotatable bonds is 6. The van der Waals surface area contributed by atoms with Gasteiger partial charge in [0.15, 0.2) is 0 Å². The van der Waals surface area contributed by atoms with Crippen LogP contribution in [-0.4, -0.2) is 63.4 Å². The topological polar surface area (TPSA) is 79.0 Å². The Morgan fingerprint density at radius 2 is 1.71 bits per heavy atom. The third kappa shape index (κ3) is 4.57. The number of benzene rings is 2. The molecule has 1 aliphatic heterocycles. The summed E-state index contributed by atoms with van der Waals surface area (Å²) in [5, 5.41) is 3.57. The van der Waals surface area contributed by atoms with Gasteiger partial charge in [0.05, 0.1) is 29.3 Å². The Balaban J connectivity index is 1.55.